The number of halogens is 2. The Labute approximate surface area is 89.2 Å². The molecule has 0 aliphatic rings. The Morgan fingerprint density at radius 1 is 1.29 bits per heavy atom. The molecule has 4 nitrogen and oxygen atoms in total. The average Bonchev–Trinajstić information content (AvgIpc) is 2.01. The van der Waals surface area contributed by atoms with E-state index in [2.05, 4.69) is 0 Å². The number of carboxylic acids is 1. The third-order valence-corrected chi connectivity index (χ3v) is 2.05. The van der Waals surface area contributed by atoms with Gasteiger partial charge in [0.1, 0.15) is 0 Å². The molecule has 74 valence electrons. The Hall–Kier alpha value is -1.26. The van der Waals surface area contributed by atoms with Crippen molar-refractivity contribution in [2.45, 2.75) is 0 Å². The molecule has 0 radical (unpaired) electrons. The number of amides is 1. The summed E-state index contributed by atoms with van der Waals surface area (Å²) in [5.41, 5.74) is 4.44. The van der Waals surface area contributed by atoms with Crippen molar-refractivity contribution in [3.05, 3.63) is 33.3 Å². The number of carbonyl (C=O) groups is 2. The van der Waals surface area contributed by atoms with Crippen LogP contribution in [-0.4, -0.2) is 17.0 Å². The van der Waals surface area contributed by atoms with Gasteiger partial charge in [-0.2, -0.15) is 0 Å². The highest BCUT2D eigenvalue weighted by atomic mass is 35.5. The highest BCUT2D eigenvalue weighted by molar-refractivity contribution is 6.37. The summed E-state index contributed by atoms with van der Waals surface area (Å²) in [6, 6.07) is 2.38. The zero-order valence-electron chi connectivity index (χ0n) is 6.75. The summed E-state index contributed by atoms with van der Waals surface area (Å²) >= 11 is 11.2. The molecule has 0 aromatic heterocycles. The lowest BCUT2D eigenvalue weighted by atomic mass is 10.1. The van der Waals surface area contributed by atoms with Crippen LogP contribution in [0, 0.1) is 0 Å². The highest BCUT2D eigenvalue weighted by Gasteiger charge is 2.18. The second-order valence-electron chi connectivity index (χ2n) is 2.48. The van der Waals surface area contributed by atoms with Gasteiger partial charge < -0.3 is 10.8 Å². The van der Waals surface area contributed by atoms with E-state index in [9.17, 15) is 9.59 Å². The van der Waals surface area contributed by atoms with Gasteiger partial charge in [-0.15, -0.1) is 0 Å². The molecule has 0 aliphatic heterocycles. The second-order valence-corrected chi connectivity index (χ2v) is 3.32. The standard InChI is InChI=1S/C8H5Cl2NO3/c9-3-1-4(8(13)14)6(7(11)12)5(10)2-3/h1-2H,(H2,11,12)(H,13,14). The summed E-state index contributed by atoms with van der Waals surface area (Å²) in [6.45, 7) is 0. The maximum absolute atomic E-state index is 10.9. The first-order valence-corrected chi connectivity index (χ1v) is 4.21. The summed E-state index contributed by atoms with van der Waals surface area (Å²) in [7, 11) is 0. The monoisotopic (exact) mass is 233 g/mol. The van der Waals surface area contributed by atoms with E-state index in [1.54, 1.807) is 0 Å². The van der Waals surface area contributed by atoms with Crippen molar-refractivity contribution in [2.75, 3.05) is 0 Å². The van der Waals surface area contributed by atoms with Gasteiger partial charge in [0.15, 0.2) is 0 Å². The number of hydrogen-bond donors (Lipinski definition) is 2. The Balaban J connectivity index is 3.52. The number of primary amides is 1. The molecule has 0 atom stereocenters. The molecule has 3 N–H and O–H groups in total. The minimum atomic E-state index is -1.30. The summed E-state index contributed by atoms with van der Waals surface area (Å²) in [4.78, 5) is 21.6. The quantitative estimate of drug-likeness (QED) is 0.818. The van der Waals surface area contributed by atoms with Crippen LogP contribution in [0.25, 0.3) is 0 Å². The second kappa shape index (κ2) is 3.86. The molecule has 0 bridgehead atoms. The number of benzene rings is 1. The van der Waals surface area contributed by atoms with Crippen LogP contribution in [0.2, 0.25) is 10.0 Å². The molecule has 0 saturated carbocycles. The molecular weight excluding hydrogens is 229 g/mol. The van der Waals surface area contributed by atoms with Gasteiger partial charge in [0, 0.05) is 5.02 Å². The summed E-state index contributed by atoms with van der Waals surface area (Å²) in [6.07, 6.45) is 0. The minimum absolute atomic E-state index is 0.0672. The number of aromatic carboxylic acids is 1. The van der Waals surface area contributed by atoms with Crippen molar-refractivity contribution in [2.24, 2.45) is 5.73 Å². The van der Waals surface area contributed by atoms with Crippen LogP contribution >= 0.6 is 23.2 Å². The van der Waals surface area contributed by atoms with Crippen LogP contribution in [0.1, 0.15) is 20.7 Å². The van der Waals surface area contributed by atoms with Gasteiger partial charge in [-0.3, -0.25) is 4.79 Å². The number of nitrogens with two attached hydrogens (primary N) is 1. The van der Waals surface area contributed by atoms with Gasteiger partial charge in [-0.05, 0) is 12.1 Å². The Morgan fingerprint density at radius 2 is 1.86 bits per heavy atom. The van der Waals surface area contributed by atoms with E-state index < -0.39 is 11.9 Å². The maximum atomic E-state index is 10.9. The average molecular weight is 234 g/mol. The van der Waals surface area contributed by atoms with Crippen molar-refractivity contribution in [1.82, 2.24) is 0 Å². The largest absolute Gasteiger partial charge is 0.478 e. The van der Waals surface area contributed by atoms with Crippen LogP contribution in [0.4, 0.5) is 0 Å². The zero-order valence-corrected chi connectivity index (χ0v) is 8.26. The van der Waals surface area contributed by atoms with Crippen LogP contribution in [0.15, 0.2) is 12.1 Å². The van der Waals surface area contributed by atoms with E-state index in [-0.39, 0.29) is 21.2 Å². The van der Waals surface area contributed by atoms with E-state index in [4.69, 9.17) is 34.0 Å². The van der Waals surface area contributed by atoms with Gasteiger partial charge in [-0.1, -0.05) is 23.2 Å². The molecule has 1 rings (SSSR count). The summed E-state index contributed by atoms with van der Waals surface area (Å²) < 4.78 is 0. The van der Waals surface area contributed by atoms with Crippen molar-refractivity contribution >= 4 is 35.1 Å². The van der Waals surface area contributed by atoms with Crippen molar-refractivity contribution in [3.63, 3.8) is 0 Å². The first-order valence-electron chi connectivity index (χ1n) is 3.45. The Morgan fingerprint density at radius 3 is 2.29 bits per heavy atom. The van der Waals surface area contributed by atoms with E-state index in [0.29, 0.717) is 0 Å². The molecule has 0 saturated heterocycles. The maximum Gasteiger partial charge on any atom is 0.336 e. The van der Waals surface area contributed by atoms with Crippen molar-refractivity contribution in [3.8, 4) is 0 Å². The fourth-order valence-corrected chi connectivity index (χ4v) is 1.58. The molecular formula is C8H5Cl2NO3. The molecule has 14 heavy (non-hydrogen) atoms. The van der Waals surface area contributed by atoms with E-state index >= 15 is 0 Å². The van der Waals surface area contributed by atoms with E-state index in [1.807, 2.05) is 0 Å². The van der Waals surface area contributed by atoms with Gasteiger partial charge in [-0.25, -0.2) is 4.79 Å². The van der Waals surface area contributed by atoms with E-state index in [1.165, 1.54) is 6.07 Å². The smallest absolute Gasteiger partial charge is 0.336 e. The first-order chi connectivity index (χ1) is 6.43. The van der Waals surface area contributed by atoms with Crippen molar-refractivity contribution < 1.29 is 14.7 Å². The number of hydrogen-bond acceptors (Lipinski definition) is 2. The zero-order chi connectivity index (χ0) is 10.9. The van der Waals surface area contributed by atoms with Crippen molar-refractivity contribution in [1.29, 1.82) is 0 Å². The number of rotatable bonds is 2. The predicted molar refractivity (Wildman–Crippen MR) is 51.9 cm³/mol. The molecule has 1 amide bonds. The SMILES string of the molecule is NC(=O)c1c(Cl)cc(Cl)cc1C(=O)O. The lowest BCUT2D eigenvalue weighted by molar-refractivity contribution is 0.0692. The van der Waals surface area contributed by atoms with Gasteiger partial charge in [0.25, 0.3) is 5.91 Å². The topological polar surface area (TPSA) is 80.4 Å². The van der Waals surface area contributed by atoms with Gasteiger partial charge in [0.05, 0.1) is 16.1 Å². The van der Waals surface area contributed by atoms with Crippen LogP contribution in [0.3, 0.4) is 0 Å². The third kappa shape index (κ3) is 1.97. The molecule has 6 heteroatoms. The molecule has 0 spiro atoms. The summed E-state index contributed by atoms with van der Waals surface area (Å²) in [5, 5.41) is 8.81. The van der Waals surface area contributed by atoms with E-state index in [0.717, 1.165) is 6.07 Å². The molecule has 1 aromatic carbocycles. The lowest BCUT2D eigenvalue weighted by Gasteiger charge is -2.04. The molecule has 1 aromatic rings. The molecule has 0 fully saturated rings. The lowest BCUT2D eigenvalue weighted by Crippen LogP contribution is -2.16. The summed E-state index contributed by atoms with van der Waals surface area (Å²) in [5.74, 6) is -2.20. The third-order valence-electron chi connectivity index (χ3n) is 1.53. The van der Waals surface area contributed by atoms with Gasteiger partial charge in [0.2, 0.25) is 0 Å². The first kappa shape index (κ1) is 10.8. The Bertz CT molecular complexity index is 417. The number of carbonyl (C=O) groups excluding carboxylic acids is 1. The van der Waals surface area contributed by atoms with Crippen LogP contribution < -0.4 is 5.73 Å². The highest BCUT2D eigenvalue weighted by Crippen LogP contribution is 2.25. The van der Waals surface area contributed by atoms with Crippen LogP contribution in [0.5, 0.6) is 0 Å². The number of carboxylic acid groups (broad SMARTS) is 1. The fraction of sp³-hybridized carbons (Fsp3) is 0. The predicted octanol–water partition coefficient (Wildman–Crippen LogP) is 1.79. The normalized spacial score (nSPS) is 9.86. The Kier molecular flexibility index (Phi) is 2.98. The molecule has 0 unspecified atom stereocenters. The molecule has 0 aliphatic carbocycles. The fourth-order valence-electron chi connectivity index (χ4n) is 0.993. The minimum Gasteiger partial charge on any atom is -0.478 e. The molecule has 0 heterocycles. The van der Waals surface area contributed by atoms with Gasteiger partial charge >= 0.3 is 5.97 Å². The van der Waals surface area contributed by atoms with Crippen LogP contribution in [-0.2, 0) is 0 Å².